The Balaban J connectivity index is 3.84. The summed E-state index contributed by atoms with van der Waals surface area (Å²) in [6, 6.07) is 10.6. The van der Waals surface area contributed by atoms with Crippen molar-refractivity contribution in [1.29, 1.82) is 0 Å². The maximum Gasteiger partial charge on any atom is 0.309 e. The molecule has 0 amide bonds. The van der Waals surface area contributed by atoms with Gasteiger partial charge in [0.1, 0.15) is 0 Å². The standard InChI is InChI=1S/C21H40O2Si4/c1-11-23-21(22)18-20(17-19-15-13-12-14-16-19)27(24(2,3)4,25(5,6)7)26(8,9)10/h12-17H,11,18H2,1-10H3/b20-17+. The molecule has 0 radical (unpaired) electrons. The van der Waals surface area contributed by atoms with Gasteiger partial charge in [0.15, 0.2) is 0 Å². The monoisotopic (exact) mass is 436 g/mol. The van der Waals surface area contributed by atoms with Crippen molar-refractivity contribution in [3.8, 4) is 0 Å². The lowest BCUT2D eigenvalue weighted by Crippen LogP contribution is -2.83. The molecule has 1 aromatic rings. The van der Waals surface area contributed by atoms with Crippen molar-refractivity contribution in [3.63, 3.8) is 0 Å². The molecule has 0 aliphatic heterocycles. The maximum absolute atomic E-state index is 12.7. The second-order valence-corrected chi connectivity index (χ2v) is 51.0. The molecule has 0 atom stereocenters. The predicted octanol–water partition coefficient (Wildman–Crippen LogP) is 6.26. The van der Waals surface area contributed by atoms with Gasteiger partial charge in [0.25, 0.3) is 0 Å². The molecule has 0 saturated heterocycles. The van der Waals surface area contributed by atoms with Gasteiger partial charge < -0.3 is 4.74 Å². The molecule has 0 bridgehead atoms. The highest BCUT2D eigenvalue weighted by Crippen LogP contribution is 2.44. The van der Waals surface area contributed by atoms with Crippen molar-refractivity contribution < 1.29 is 9.53 Å². The summed E-state index contributed by atoms with van der Waals surface area (Å²) in [7, 11) is -4.58. The van der Waals surface area contributed by atoms with Crippen molar-refractivity contribution >= 4 is 41.4 Å². The molecule has 0 aliphatic rings. The van der Waals surface area contributed by atoms with Crippen LogP contribution in [0.2, 0.25) is 58.9 Å². The first-order valence-corrected chi connectivity index (χ1v) is 25.6. The molecule has 27 heavy (non-hydrogen) atoms. The van der Waals surface area contributed by atoms with Gasteiger partial charge in [-0.05, 0) is 12.5 Å². The Kier molecular flexibility index (Phi) is 7.89. The minimum atomic E-state index is -1.83. The van der Waals surface area contributed by atoms with Crippen LogP contribution >= 0.6 is 0 Å². The Morgan fingerprint density at radius 1 is 0.852 bits per heavy atom. The van der Waals surface area contributed by atoms with E-state index in [0.717, 1.165) is 0 Å². The van der Waals surface area contributed by atoms with E-state index in [4.69, 9.17) is 4.74 Å². The zero-order valence-corrected chi connectivity index (χ0v) is 23.2. The highest BCUT2D eigenvalue weighted by molar-refractivity contribution is 7.91. The van der Waals surface area contributed by atoms with E-state index in [-0.39, 0.29) is 5.97 Å². The fourth-order valence-electron chi connectivity index (χ4n) is 6.23. The smallest absolute Gasteiger partial charge is 0.309 e. The summed E-state index contributed by atoms with van der Waals surface area (Å²) < 4.78 is 5.43. The number of rotatable bonds is 8. The molecule has 0 unspecified atom stereocenters. The third-order valence-electron chi connectivity index (χ3n) is 5.64. The van der Waals surface area contributed by atoms with Gasteiger partial charge in [0.05, 0.1) is 19.7 Å². The SMILES string of the molecule is CCOC(=O)C/C(=C\c1ccccc1)[Si]([Si](C)(C)C)([Si](C)(C)C)[Si](C)(C)C. The molecule has 0 fully saturated rings. The maximum atomic E-state index is 12.7. The second-order valence-electron chi connectivity index (χ2n) is 10.6. The molecule has 1 rings (SSSR count). The van der Waals surface area contributed by atoms with Crippen LogP contribution in [-0.2, 0) is 9.53 Å². The number of ether oxygens (including phenoxy) is 1. The summed E-state index contributed by atoms with van der Waals surface area (Å²) in [5.74, 6) is -0.0497. The molecule has 0 heterocycles. The molecular formula is C21H40O2Si4. The van der Waals surface area contributed by atoms with Crippen LogP contribution in [0.15, 0.2) is 35.5 Å². The topological polar surface area (TPSA) is 26.3 Å². The summed E-state index contributed by atoms with van der Waals surface area (Å²) in [5, 5.41) is 1.48. The molecule has 1 aromatic carbocycles. The van der Waals surface area contributed by atoms with E-state index in [9.17, 15) is 4.79 Å². The molecular weight excluding hydrogens is 397 g/mol. The summed E-state index contributed by atoms with van der Waals surface area (Å²) in [6.45, 7) is 23.7. The Bertz CT molecular complexity index is 626. The minimum absolute atomic E-state index is 0.0497. The van der Waals surface area contributed by atoms with Crippen LogP contribution < -0.4 is 0 Å². The van der Waals surface area contributed by atoms with Crippen molar-refractivity contribution in [3.05, 3.63) is 41.1 Å². The summed E-state index contributed by atoms with van der Waals surface area (Å²) in [4.78, 5) is 12.7. The summed E-state index contributed by atoms with van der Waals surface area (Å²) in [6.07, 6.45) is 2.87. The Labute approximate surface area is 170 Å². The lowest BCUT2D eigenvalue weighted by atomic mass is 10.2. The van der Waals surface area contributed by atoms with Gasteiger partial charge in [-0.2, -0.15) is 0 Å². The largest absolute Gasteiger partial charge is 0.466 e. The fraction of sp³-hybridized carbons (Fsp3) is 0.571. The van der Waals surface area contributed by atoms with Crippen LogP contribution in [0, 0.1) is 0 Å². The molecule has 6 heteroatoms. The quantitative estimate of drug-likeness (QED) is 0.355. The number of esters is 1. The van der Waals surface area contributed by atoms with Gasteiger partial charge in [-0.1, -0.05) is 101 Å². The number of carbonyl (C=O) groups is 1. The van der Waals surface area contributed by atoms with E-state index in [0.29, 0.717) is 13.0 Å². The van der Waals surface area contributed by atoms with Crippen molar-refractivity contribution in [2.24, 2.45) is 0 Å². The van der Waals surface area contributed by atoms with Gasteiger partial charge in [-0.25, -0.2) is 0 Å². The average Bonchev–Trinajstić information content (AvgIpc) is 2.44. The second kappa shape index (κ2) is 8.76. The van der Waals surface area contributed by atoms with E-state index in [1.54, 1.807) is 0 Å². The van der Waals surface area contributed by atoms with Gasteiger partial charge in [-0.3, -0.25) is 4.79 Å². The van der Waals surface area contributed by atoms with Crippen LogP contribution in [0.4, 0.5) is 0 Å². The van der Waals surface area contributed by atoms with E-state index in [1.807, 2.05) is 6.92 Å². The number of benzene rings is 1. The van der Waals surface area contributed by atoms with Gasteiger partial charge in [0, 0.05) is 22.8 Å². The Hall–Kier alpha value is -0.702. The van der Waals surface area contributed by atoms with E-state index in [2.05, 4.69) is 95.3 Å². The van der Waals surface area contributed by atoms with Crippen LogP contribution in [0.3, 0.4) is 0 Å². The number of hydrogen-bond acceptors (Lipinski definition) is 2. The lowest BCUT2D eigenvalue weighted by Gasteiger charge is -2.58. The highest BCUT2D eigenvalue weighted by Gasteiger charge is 2.63. The van der Waals surface area contributed by atoms with Gasteiger partial charge in [0.2, 0.25) is 0 Å². The van der Waals surface area contributed by atoms with E-state index >= 15 is 0 Å². The van der Waals surface area contributed by atoms with E-state index in [1.165, 1.54) is 10.8 Å². The third-order valence-corrected chi connectivity index (χ3v) is 77.3. The molecule has 2 nitrogen and oxygen atoms in total. The summed E-state index contributed by atoms with van der Waals surface area (Å²) >= 11 is 0. The number of hydrogen-bond donors (Lipinski definition) is 0. The van der Waals surface area contributed by atoms with Crippen molar-refractivity contribution in [2.45, 2.75) is 72.3 Å². The molecule has 0 aliphatic carbocycles. The van der Waals surface area contributed by atoms with Gasteiger partial charge in [-0.15, -0.1) is 0 Å². The fourth-order valence-corrected chi connectivity index (χ4v) is 108. The first-order chi connectivity index (χ1) is 12.2. The van der Waals surface area contributed by atoms with Crippen LogP contribution in [0.25, 0.3) is 6.08 Å². The zero-order chi connectivity index (χ0) is 21.1. The van der Waals surface area contributed by atoms with E-state index < -0.39 is 29.4 Å². The minimum Gasteiger partial charge on any atom is -0.466 e. The first-order valence-electron chi connectivity index (χ1n) is 10.1. The van der Waals surface area contributed by atoms with Crippen molar-refractivity contribution in [1.82, 2.24) is 0 Å². The highest BCUT2D eigenvalue weighted by atomic mass is 29.9. The predicted molar refractivity (Wildman–Crippen MR) is 131 cm³/mol. The van der Waals surface area contributed by atoms with Crippen LogP contribution in [0.1, 0.15) is 18.9 Å². The average molecular weight is 437 g/mol. The molecule has 0 spiro atoms. The van der Waals surface area contributed by atoms with Gasteiger partial charge >= 0.3 is 5.97 Å². The Morgan fingerprint density at radius 3 is 1.67 bits per heavy atom. The zero-order valence-electron chi connectivity index (χ0n) is 19.2. The lowest BCUT2D eigenvalue weighted by molar-refractivity contribution is -0.142. The normalized spacial score (nSPS) is 14.2. The molecule has 0 saturated carbocycles. The molecule has 152 valence electrons. The number of carbonyl (C=O) groups excluding carboxylic acids is 1. The molecule has 0 N–H and O–H groups in total. The van der Waals surface area contributed by atoms with Crippen molar-refractivity contribution in [2.75, 3.05) is 6.61 Å². The Morgan fingerprint density at radius 2 is 1.30 bits per heavy atom. The van der Waals surface area contributed by atoms with Crippen LogP contribution in [0.5, 0.6) is 0 Å². The third kappa shape index (κ3) is 5.22. The molecule has 0 aromatic heterocycles. The van der Waals surface area contributed by atoms with Crippen LogP contribution in [-0.4, -0.2) is 42.0 Å². The summed E-state index contributed by atoms with van der Waals surface area (Å²) in [5.41, 5.74) is 1.23. The first kappa shape index (κ1) is 24.3.